The molecule has 70 valence electrons. The van der Waals surface area contributed by atoms with Gasteiger partial charge in [-0.25, -0.2) is 0 Å². The SMILES string of the molecule is Cc1nn2c(C(C)(C)N)nnc2s1. The van der Waals surface area contributed by atoms with Crippen molar-refractivity contribution in [3.05, 3.63) is 10.8 Å². The fourth-order valence-corrected chi connectivity index (χ4v) is 1.80. The molecule has 0 aromatic carbocycles. The van der Waals surface area contributed by atoms with E-state index in [1.54, 1.807) is 4.52 Å². The number of fused-ring (bicyclic) bond motifs is 1. The number of aryl methyl sites for hydroxylation is 1. The van der Waals surface area contributed by atoms with E-state index in [0.717, 1.165) is 9.97 Å². The molecular weight excluding hydrogens is 186 g/mol. The van der Waals surface area contributed by atoms with Crippen molar-refractivity contribution in [2.24, 2.45) is 5.73 Å². The van der Waals surface area contributed by atoms with Crippen molar-refractivity contribution in [2.75, 3.05) is 0 Å². The first-order chi connectivity index (χ1) is 5.98. The number of nitrogens with zero attached hydrogens (tertiary/aromatic N) is 4. The van der Waals surface area contributed by atoms with Crippen LogP contribution in [0.1, 0.15) is 24.7 Å². The highest BCUT2D eigenvalue weighted by molar-refractivity contribution is 7.16. The van der Waals surface area contributed by atoms with Gasteiger partial charge in [-0.15, -0.1) is 10.2 Å². The van der Waals surface area contributed by atoms with Crippen molar-refractivity contribution >= 4 is 16.3 Å². The van der Waals surface area contributed by atoms with Crippen LogP contribution >= 0.6 is 11.3 Å². The van der Waals surface area contributed by atoms with E-state index in [1.807, 2.05) is 20.8 Å². The lowest BCUT2D eigenvalue weighted by atomic mass is 10.1. The molecule has 13 heavy (non-hydrogen) atoms. The fraction of sp³-hybridized carbons (Fsp3) is 0.571. The van der Waals surface area contributed by atoms with Gasteiger partial charge in [-0.1, -0.05) is 11.3 Å². The third-order valence-corrected chi connectivity index (χ3v) is 2.48. The van der Waals surface area contributed by atoms with E-state index in [4.69, 9.17) is 5.73 Å². The van der Waals surface area contributed by atoms with Crippen molar-refractivity contribution in [2.45, 2.75) is 26.3 Å². The monoisotopic (exact) mass is 197 g/mol. The lowest BCUT2D eigenvalue weighted by Crippen LogP contribution is -2.31. The summed E-state index contributed by atoms with van der Waals surface area (Å²) in [7, 11) is 0. The smallest absolute Gasteiger partial charge is 0.234 e. The van der Waals surface area contributed by atoms with E-state index in [2.05, 4.69) is 15.3 Å². The topological polar surface area (TPSA) is 69.1 Å². The lowest BCUT2D eigenvalue weighted by Gasteiger charge is -2.13. The highest BCUT2D eigenvalue weighted by Gasteiger charge is 2.23. The van der Waals surface area contributed by atoms with Gasteiger partial charge < -0.3 is 5.73 Å². The van der Waals surface area contributed by atoms with Crippen molar-refractivity contribution in [1.82, 2.24) is 19.8 Å². The zero-order chi connectivity index (χ0) is 9.64. The van der Waals surface area contributed by atoms with Crippen molar-refractivity contribution in [3.63, 3.8) is 0 Å². The third-order valence-electron chi connectivity index (χ3n) is 1.67. The predicted molar refractivity (Wildman–Crippen MR) is 50.6 cm³/mol. The molecular formula is C7H11N5S. The van der Waals surface area contributed by atoms with Crippen LogP contribution < -0.4 is 5.73 Å². The minimum Gasteiger partial charge on any atom is -0.319 e. The second-order valence-electron chi connectivity index (χ2n) is 3.56. The lowest BCUT2D eigenvalue weighted by molar-refractivity contribution is 0.498. The average molecular weight is 197 g/mol. The maximum atomic E-state index is 5.92. The molecule has 0 amide bonds. The second-order valence-corrected chi connectivity index (χ2v) is 4.72. The summed E-state index contributed by atoms with van der Waals surface area (Å²) >= 11 is 1.51. The summed E-state index contributed by atoms with van der Waals surface area (Å²) in [6, 6.07) is 0. The van der Waals surface area contributed by atoms with Gasteiger partial charge in [-0.3, -0.25) is 0 Å². The quantitative estimate of drug-likeness (QED) is 0.730. The molecule has 2 rings (SSSR count). The van der Waals surface area contributed by atoms with Crippen LogP contribution in [0.25, 0.3) is 4.96 Å². The predicted octanol–water partition coefficient (Wildman–Crippen LogP) is 0.688. The molecule has 0 aliphatic heterocycles. The Balaban J connectivity index is 2.70. The van der Waals surface area contributed by atoms with E-state index in [1.165, 1.54) is 11.3 Å². The molecule has 5 nitrogen and oxygen atoms in total. The first-order valence-corrected chi connectivity index (χ1v) is 4.78. The second kappa shape index (κ2) is 2.49. The zero-order valence-corrected chi connectivity index (χ0v) is 8.59. The van der Waals surface area contributed by atoms with Crippen LogP contribution in [-0.2, 0) is 5.54 Å². The van der Waals surface area contributed by atoms with E-state index in [0.29, 0.717) is 5.82 Å². The molecule has 2 aromatic rings. The molecule has 0 radical (unpaired) electrons. The Morgan fingerprint density at radius 1 is 1.38 bits per heavy atom. The molecule has 2 heterocycles. The number of aromatic nitrogens is 4. The third kappa shape index (κ3) is 1.31. The van der Waals surface area contributed by atoms with E-state index >= 15 is 0 Å². The Hall–Kier alpha value is -1.01. The molecule has 0 spiro atoms. The van der Waals surface area contributed by atoms with Crippen molar-refractivity contribution in [3.8, 4) is 0 Å². The Bertz CT molecular complexity index is 435. The summed E-state index contributed by atoms with van der Waals surface area (Å²) in [5, 5.41) is 13.2. The summed E-state index contributed by atoms with van der Waals surface area (Å²) in [6.07, 6.45) is 0. The summed E-state index contributed by atoms with van der Waals surface area (Å²) in [5.74, 6) is 0.701. The molecule has 2 N–H and O–H groups in total. The summed E-state index contributed by atoms with van der Waals surface area (Å²) in [4.78, 5) is 0.797. The molecule has 0 bridgehead atoms. The van der Waals surface area contributed by atoms with Crippen LogP contribution in [-0.4, -0.2) is 19.8 Å². The largest absolute Gasteiger partial charge is 0.319 e. The fourth-order valence-electron chi connectivity index (χ4n) is 1.11. The summed E-state index contributed by atoms with van der Waals surface area (Å²) in [6.45, 7) is 5.71. The van der Waals surface area contributed by atoms with Gasteiger partial charge in [-0.05, 0) is 20.8 Å². The maximum Gasteiger partial charge on any atom is 0.234 e. The van der Waals surface area contributed by atoms with Gasteiger partial charge in [0.15, 0.2) is 5.82 Å². The van der Waals surface area contributed by atoms with Crippen LogP contribution in [0.2, 0.25) is 0 Å². The maximum absolute atomic E-state index is 5.92. The minimum atomic E-state index is -0.500. The molecule has 2 aromatic heterocycles. The Morgan fingerprint density at radius 2 is 2.08 bits per heavy atom. The first-order valence-electron chi connectivity index (χ1n) is 3.96. The van der Waals surface area contributed by atoms with Gasteiger partial charge >= 0.3 is 0 Å². The molecule has 0 saturated heterocycles. The van der Waals surface area contributed by atoms with Gasteiger partial charge in [-0.2, -0.15) is 9.61 Å². The Labute approximate surface area is 79.6 Å². The molecule has 6 heteroatoms. The number of hydrogen-bond donors (Lipinski definition) is 1. The Morgan fingerprint density at radius 3 is 2.69 bits per heavy atom. The first kappa shape index (κ1) is 8.58. The van der Waals surface area contributed by atoms with Crippen LogP contribution in [0.5, 0.6) is 0 Å². The van der Waals surface area contributed by atoms with Crippen LogP contribution in [0.3, 0.4) is 0 Å². The van der Waals surface area contributed by atoms with Gasteiger partial charge in [0, 0.05) is 0 Å². The van der Waals surface area contributed by atoms with Crippen LogP contribution in [0.4, 0.5) is 0 Å². The molecule has 0 aliphatic rings. The van der Waals surface area contributed by atoms with E-state index in [-0.39, 0.29) is 0 Å². The van der Waals surface area contributed by atoms with Gasteiger partial charge in [0.05, 0.1) is 5.54 Å². The highest BCUT2D eigenvalue weighted by Crippen LogP contribution is 2.18. The Kier molecular flexibility index (Phi) is 1.64. The standard InChI is InChI=1S/C7H11N5S/c1-4-11-12-5(7(2,3)8)9-10-6(12)13-4/h8H2,1-3H3. The molecule has 0 unspecified atom stereocenters. The number of rotatable bonds is 1. The van der Waals surface area contributed by atoms with Gasteiger partial charge in [0.1, 0.15) is 5.01 Å². The van der Waals surface area contributed by atoms with Gasteiger partial charge in [0.25, 0.3) is 0 Å². The average Bonchev–Trinajstić information content (AvgIpc) is 2.41. The number of hydrogen-bond acceptors (Lipinski definition) is 5. The van der Waals surface area contributed by atoms with E-state index < -0.39 is 5.54 Å². The summed E-state index contributed by atoms with van der Waals surface area (Å²) in [5.41, 5.74) is 5.42. The van der Waals surface area contributed by atoms with Crippen molar-refractivity contribution < 1.29 is 0 Å². The van der Waals surface area contributed by atoms with Crippen molar-refractivity contribution in [1.29, 1.82) is 0 Å². The van der Waals surface area contributed by atoms with E-state index in [9.17, 15) is 0 Å². The molecule has 0 aliphatic carbocycles. The van der Waals surface area contributed by atoms with Crippen LogP contribution in [0, 0.1) is 6.92 Å². The normalized spacial score (nSPS) is 12.6. The number of nitrogens with two attached hydrogens (primary N) is 1. The zero-order valence-electron chi connectivity index (χ0n) is 7.77. The minimum absolute atomic E-state index is 0.500. The molecule has 0 saturated carbocycles. The van der Waals surface area contributed by atoms with Gasteiger partial charge in [0.2, 0.25) is 4.96 Å². The molecule has 0 atom stereocenters. The van der Waals surface area contributed by atoms with Crippen LogP contribution in [0.15, 0.2) is 0 Å². The molecule has 0 fully saturated rings. The summed E-state index contributed by atoms with van der Waals surface area (Å²) < 4.78 is 1.71. The highest BCUT2D eigenvalue weighted by atomic mass is 32.1.